The lowest BCUT2D eigenvalue weighted by Gasteiger charge is -2.36. The van der Waals surface area contributed by atoms with E-state index in [4.69, 9.17) is 4.99 Å². The van der Waals surface area contributed by atoms with Crippen molar-refractivity contribution in [1.29, 1.82) is 0 Å². The molecule has 0 radical (unpaired) electrons. The second kappa shape index (κ2) is 8.46. The fraction of sp³-hybridized carbons (Fsp3) is 0.406. The van der Waals surface area contributed by atoms with Crippen molar-refractivity contribution in [2.45, 2.75) is 65.3 Å². The number of aryl methyl sites for hydroxylation is 1. The van der Waals surface area contributed by atoms with Gasteiger partial charge in [-0.2, -0.15) is 0 Å². The summed E-state index contributed by atoms with van der Waals surface area (Å²) in [4.78, 5) is 5.68. The van der Waals surface area contributed by atoms with Crippen molar-refractivity contribution in [2.24, 2.45) is 21.7 Å². The van der Waals surface area contributed by atoms with Gasteiger partial charge in [-0.25, -0.2) is 0 Å². The molecule has 3 aromatic rings. The maximum Gasteiger partial charge on any atom is 0.0757 e. The molecule has 0 amide bonds. The zero-order chi connectivity index (χ0) is 23.3. The summed E-state index contributed by atoms with van der Waals surface area (Å²) in [6.07, 6.45) is 7.51. The zero-order valence-corrected chi connectivity index (χ0v) is 21.7. The molecule has 174 valence electrons. The van der Waals surface area contributed by atoms with E-state index in [0.29, 0.717) is 11.5 Å². The van der Waals surface area contributed by atoms with Crippen LogP contribution in [-0.4, -0.2) is 5.71 Å². The molecule has 0 heterocycles. The smallest absolute Gasteiger partial charge is 0.0757 e. The molecule has 2 bridgehead atoms. The molecule has 0 saturated heterocycles. The fourth-order valence-electron chi connectivity index (χ4n) is 7.05. The zero-order valence-electron chi connectivity index (χ0n) is 20.8. The molecule has 3 aliphatic carbocycles. The average molecular weight is 466 g/mol. The van der Waals surface area contributed by atoms with E-state index in [-0.39, 0.29) is 5.41 Å². The predicted molar refractivity (Wildman–Crippen MR) is 147 cm³/mol. The van der Waals surface area contributed by atoms with E-state index in [1.54, 1.807) is 5.56 Å². The topological polar surface area (TPSA) is 12.4 Å². The highest BCUT2D eigenvalue weighted by Crippen LogP contribution is 2.64. The molecular formula is C32H36NP. The van der Waals surface area contributed by atoms with Crippen LogP contribution >= 0.6 is 7.92 Å². The third-order valence-corrected chi connectivity index (χ3v) is 12.0. The van der Waals surface area contributed by atoms with Crippen LogP contribution in [0.4, 0.5) is 0 Å². The first-order valence-corrected chi connectivity index (χ1v) is 14.4. The third-order valence-electron chi connectivity index (χ3n) is 9.52. The highest BCUT2D eigenvalue weighted by molar-refractivity contribution is 7.79. The van der Waals surface area contributed by atoms with Crippen LogP contribution in [0.1, 0.15) is 70.0 Å². The number of hydrogen-bond acceptors (Lipinski definition) is 1. The molecule has 3 aliphatic rings. The Labute approximate surface area is 206 Å². The fourth-order valence-corrected chi connectivity index (χ4v) is 9.61. The van der Waals surface area contributed by atoms with Crippen molar-refractivity contribution in [3.63, 3.8) is 0 Å². The van der Waals surface area contributed by atoms with Gasteiger partial charge in [0.25, 0.3) is 0 Å². The standard InChI is InChI=1S/C32H36NP/c1-31(2)24-20-21-32(31,3)29(22-24)33-27-18-10-12-23-13-11-19-28(30(23)27)34(25-14-6-4-7-15-25)26-16-8-5-9-17-26/h4-9,11,13-17,19,24,27H,10,12,18,20-22H2,1-3H3/t24?,27-,32?/m0/s1. The maximum absolute atomic E-state index is 5.68. The van der Waals surface area contributed by atoms with Gasteiger partial charge in [0.15, 0.2) is 0 Å². The van der Waals surface area contributed by atoms with Gasteiger partial charge in [-0.15, -0.1) is 0 Å². The molecule has 3 atom stereocenters. The molecule has 0 spiro atoms. The number of aliphatic imine (C=N–C) groups is 1. The number of nitrogens with zero attached hydrogens (tertiary/aromatic N) is 1. The number of rotatable bonds is 4. The summed E-state index contributed by atoms with van der Waals surface area (Å²) in [5.74, 6) is 0.806. The van der Waals surface area contributed by atoms with E-state index >= 15 is 0 Å². The number of hydrogen-bond donors (Lipinski definition) is 0. The first kappa shape index (κ1) is 22.2. The summed E-state index contributed by atoms with van der Waals surface area (Å²) < 4.78 is 0. The van der Waals surface area contributed by atoms with Gasteiger partial charge in [-0.1, -0.05) is 99.6 Å². The van der Waals surface area contributed by atoms with Crippen molar-refractivity contribution >= 4 is 29.5 Å². The van der Waals surface area contributed by atoms with Gasteiger partial charge in [0.2, 0.25) is 0 Å². The molecule has 0 N–H and O–H groups in total. The normalized spacial score (nSPS) is 28.4. The molecule has 2 unspecified atom stereocenters. The van der Waals surface area contributed by atoms with E-state index in [1.807, 2.05) is 0 Å². The van der Waals surface area contributed by atoms with Crippen molar-refractivity contribution in [2.75, 3.05) is 0 Å². The Morgan fingerprint density at radius 1 is 0.794 bits per heavy atom. The van der Waals surface area contributed by atoms with Crippen molar-refractivity contribution in [3.05, 3.63) is 90.0 Å². The van der Waals surface area contributed by atoms with Gasteiger partial charge in [-0.3, -0.25) is 4.99 Å². The minimum atomic E-state index is -0.612. The highest BCUT2D eigenvalue weighted by Gasteiger charge is 2.59. The van der Waals surface area contributed by atoms with E-state index in [9.17, 15) is 0 Å². The molecule has 6 rings (SSSR count). The Bertz CT molecular complexity index is 1170. The second-order valence-corrected chi connectivity index (χ2v) is 13.5. The SMILES string of the molecule is CC12CCC(CC1=N[C@H]1CCCc3cccc(P(c4ccccc4)c4ccccc4)c31)C2(C)C. The van der Waals surface area contributed by atoms with Crippen LogP contribution in [0, 0.1) is 16.7 Å². The van der Waals surface area contributed by atoms with E-state index < -0.39 is 7.92 Å². The highest BCUT2D eigenvalue weighted by atomic mass is 31.1. The molecular weight excluding hydrogens is 429 g/mol. The summed E-state index contributed by atoms with van der Waals surface area (Å²) in [6, 6.07) is 29.7. The Morgan fingerprint density at radius 3 is 2.06 bits per heavy atom. The van der Waals surface area contributed by atoms with Gasteiger partial charge in [0.05, 0.1) is 6.04 Å². The number of benzene rings is 3. The predicted octanol–water partition coefficient (Wildman–Crippen LogP) is 7.11. The van der Waals surface area contributed by atoms with Gasteiger partial charge < -0.3 is 0 Å². The Balaban J connectivity index is 1.49. The van der Waals surface area contributed by atoms with E-state index in [0.717, 1.165) is 5.92 Å². The Kier molecular flexibility index (Phi) is 5.53. The van der Waals surface area contributed by atoms with Crippen LogP contribution in [0.2, 0.25) is 0 Å². The average Bonchev–Trinajstić information content (AvgIpc) is 3.19. The van der Waals surface area contributed by atoms with Crippen molar-refractivity contribution in [3.8, 4) is 0 Å². The summed E-state index contributed by atoms with van der Waals surface area (Å²) in [6.45, 7) is 7.50. The molecule has 2 heteroatoms. The summed E-state index contributed by atoms with van der Waals surface area (Å²) in [7, 11) is -0.612. The lowest BCUT2D eigenvalue weighted by atomic mass is 9.70. The van der Waals surface area contributed by atoms with Crippen molar-refractivity contribution < 1.29 is 0 Å². The van der Waals surface area contributed by atoms with Gasteiger partial charge in [0, 0.05) is 11.1 Å². The summed E-state index contributed by atoms with van der Waals surface area (Å²) in [5, 5.41) is 4.38. The molecule has 34 heavy (non-hydrogen) atoms. The van der Waals surface area contributed by atoms with Gasteiger partial charge in [-0.05, 0) is 84.8 Å². The van der Waals surface area contributed by atoms with E-state index in [1.165, 1.54) is 65.7 Å². The van der Waals surface area contributed by atoms with Crippen LogP contribution in [0.5, 0.6) is 0 Å². The minimum absolute atomic E-state index is 0.272. The molecule has 0 aliphatic heterocycles. The lowest BCUT2D eigenvalue weighted by Crippen LogP contribution is -2.33. The quantitative estimate of drug-likeness (QED) is 0.364. The minimum Gasteiger partial charge on any atom is -0.285 e. The molecule has 0 aromatic heterocycles. The largest absolute Gasteiger partial charge is 0.285 e. The second-order valence-electron chi connectivity index (χ2n) is 11.3. The van der Waals surface area contributed by atoms with Crippen LogP contribution < -0.4 is 15.9 Å². The van der Waals surface area contributed by atoms with Gasteiger partial charge >= 0.3 is 0 Å². The van der Waals surface area contributed by atoms with E-state index in [2.05, 4.69) is 99.6 Å². The Hall–Kier alpha value is -2.24. The molecule has 3 aromatic carbocycles. The van der Waals surface area contributed by atoms with Gasteiger partial charge in [0.1, 0.15) is 0 Å². The molecule has 1 nitrogen and oxygen atoms in total. The van der Waals surface area contributed by atoms with Crippen LogP contribution in [0.3, 0.4) is 0 Å². The van der Waals surface area contributed by atoms with Crippen LogP contribution in [-0.2, 0) is 6.42 Å². The Morgan fingerprint density at radius 2 is 1.47 bits per heavy atom. The first-order valence-electron chi connectivity index (χ1n) is 13.1. The molecule has 2 fully saturated rings. The third kappa shape index (κ3) is 3.43. The number of fused-ring (bicyclic) bond motifs is 3. The van der Waals surface area contributed by atoms with Crippen molar-refractivity contribution in [1.82, 2.24) is 0 Å². The maximum atomic E-state index is 5.68. The first-order chi connectivity index (χ1) is 16.5. The van der Waals surface area contributed by atoms with Crippen LogP contribution in [0.25, 0.3) is 0 Å². The summed E-state index contributed by atoms with van der Waals surface area (Å²) >= 11 is 0. The monoisotopic (exact) mass is 465 g/mol. The van der Waals surface area contributed by atoms with Crippen LogP contribution in [0.15, 0.2) is 83.9 Å². The summed E-state index contributed by atoms with van der Waals surface area (Å²) in [5.41, 5.74) is 5.25. The lowest BCUT2D eigenvalue weighted by molar-refractivity contribution is 0.193. The molecule has 2 saturated carbocycles.